The summed E-state index contributed by atoms with van der Waals surface area (Å²) in [6.45, 7) is 5.94. The monoisotopic (exact) mass is 401 g/mol. The number of aryl methyl sites for hydroxylation is 3. The van der Waals surface area contributed by atoms with E-state index in [2.05, 4.69) is 22.6 Å². The highest BCUT2D eigenvalue weighted by atomic mass is 127. The van der Waals surface area contributed by atoms with Crippen LogP contribution in [0.2, 0.25) is 0 Å². The highest BCUT2D eigenvalue weighted by Gasteiger charge is 2.19. The largest absolute Gasteiger partial charge is 0.289 e. The molecule has 0 amide bonds. The average Bonchev–Trinajstić information content (AvgIpc) is 2.34. The number of anilines is 2. The second-order valence-electron chi connectivity index (χ2n) is 4.75. The third kappa shape index (κ3) is 3.21. The van der Waals surface area contributed by atoms with E-state index in [1.807, 2.05) is 57.2 Å². The average molecular weight is 401 g/mol. The summed E-state index contributed by atoms with van der Waals surface area (Å²) in [5.74, 6) is 0. The lowest BCUT2D eigenvalue weighted by Crippen LogP contribution is -2.21. The quantitative estimate of drug-likeness (QED) is 0.608. The maximum Gasteiger partial charge on any atom is 0.266 e. The van der Waals surface area contributed by atoms with E-state index in [4.69, 9.17) is 0 Å². The predicted octanol–water partition coefficient (Wildman–Crippen LogP) is 4.49. The predicted molar refractivity (Wildman–Crippen MR) is 92.7 cm³/mol. The number of rotatable bonds is 3. The molecule has 0 aliphatic rings. The van der Waals surface area contributed by atoms with Crippen LogP contribution in [0.1, 0.15) is 16.7 Å². The summed E-state index contributed by atoms with van der Waals surface area (Å²) in [6, 6.07) is 11.6. The fraction of sp³-hybridized carbons (Fsp3) is 0.200. The molecule has 0 aliphatic carbocycles. The Hall–Kier alpha value is -0.920. The molecule has 0 saturated heterocycles. The minimum Gasteiger partial charge on any atom is -0.289 e. The molecule has 20 heavy (non-hydrogen) atoms. The molecule has 0 saturated carbocycles. The van der Waals surface area contributed by atoms with Crippen LogP contribution in [-0.2, 0) is 11.3 Å². The molecule has 0 heterocycles. The van der Waals surface area contributed by atoms with Crippen LogP contribution < -0.4 is 4.31 Å². The van der Waals surface area contributed by atoms with Crippen LogP contribution in [0, 0.1) is 24.3 Å². The number of benzene rings is 2. The van der Waals surface area contributed by atoms with Gasteiger partial charge in [0.25, 0.3) is 11.3 Å². The number of hydrogen-bond donors (Lipinski definition) is 1. The van der Waals surface area contributed by atoms with Gasteiger partial charge in [-0.15, -0.1) is 0 Å². The molecule has 1 atom stereocenters. The van der Waals surface area contributed by atoms with Crippen molar-refractivity contribution in [3.63, 3.8) is 0 Å². The van der Waals surface area contributed by atoms with E-state index in [9.17, 15) is 8.76 Å². The molecule has 0 fully saturated rings. The van der Waals surface area contributed by atoms with Crippen LogP contribution in [0.4, 0.5) is 11.4 Å². The smallest absolute Gasteiger partial charge is 0.266 e. The molecule has 2 aromatic rings. The molecule has 2 aromatic carbocycles. The highest BCUT2D eigenvalue weighted by Crippen LogP contribution is 2.33. The summed E-state index contributed by atoms with van der Waals surface area (Å²) < 4.78 is 24.1. The van der Waals surface area contributed by atoms with E-state index >= 15 is 0 Å². The molecule has 2 rings (SSSR count). The number of nitrogens with zero attached hydrogens (tertiary/aromatic N) is 1. The van der Waals surface area contributed by atoms with Crippen molar-refractivity contribution in [3.8, 4) is 0 Å². The third-order valence-electron chi connectivity index (χ3n) is 3.06. The molecule has 0 spiro atoms. The van der Waals surface area contributed by atoms with Crippen molar-refractivity contribution in [2.45, 2.75) is 20.8 Å². The van der Waals surface area contributed by atoms with Crippen LogP contribution in [-0.4, -0.2) is 8.76 Å². The van der Waals surface area contributed by atoms with Crippen LogP contribution in [0.25, 0.3) is 0 Å². The normalized spacial score (nSPS) is 12.2. The molecule has 1 unspecified atom stereocenters. The number of hydrogen-bond acceptors (Lipinski definition) is 1. The first-order valence-electron chi connectivity index (χ1n) is 6.14. The van der Waals surface area contributed by atoms with Crippen molar-refractivity contribution < 1.29 is 8.76 Å². The summed E-state index contributed by atoms with van der Waals surface area (Å²) in [4.78, 5) is 0. The lowest BCUT2D eigenvalue weighted by atomic mass is 10.0. The first-order valence-corrected chi connectivity index (χ1v) is 8.29. The zero-order chi connectivity index (χ0) is 14.9. The van der Waals surface area contributed by atoms with E-state index in [-0.39, 0.29) is 0 Å². The van der Waals surface area contributed by atoms with Crippen molar-refractivity contribution in [2.75, 3.05) is 4.31 Å². The molecular weight excluding hydrogens is 385 g/mol. The van der Waals surface area contributed by atoms with Gasteiger partial charge in [-0.2, -0.15) is 0 Å². The minimum absolute atomic E-state index is 0.710. The molecule has 106 valence electrons. The standard InChI is InChI=1S/C15H16INO2S/c1-10-8-11(2)15(12(3)9-10)17(20(18)19)14-6-4-13(16)5-7-14/h4-9H,1-3H3,(H,18,19). The van der Waals surface area contributed by atoms with Gasteiger partial charge in [-0.05, 0) is 78.8 Å². The Morgan fingerprint density at radius 1 is 1.05 bits per heavy atom. The maximum absolute atomic E-state index is 11.8. The molecular formula is C15H16INO2S. The van der Waals surface area contributed by atoms with Crippen molar-refractivity contribution >= 4 is 45.2 Å². The molecule has 1 N–H and O–H groups in total. The second kappa shape index (κ2) is 6.24. The Balaban J connectivity index is 2.60. The topological polar surface area (TPSA) is 40.5 Å². The summed E-state index contributed by atoms with van der Waals surface area (Å²) >= 11 is 0.105. The fourth-order valence-corrected chi connectivity index (χ4v) is 3.47. The summed E-state index contributed by atoms with van der Waals surface area (Å²) in [5, 5.41) is 0. The van der Waals surface area contributed by atoms with Crippen molar-refractivity contribution in [3.05, 3.63) is 56.7 Å². The van der Waals surface area contributed by atoms with E-state index < -0.39 is 11.3 Å². The van der Waals surface area contributed by atoms with E-state index in [0.29, 0.717) is 5.69 Å². The van der Waals surface area contributed by atoms with Crippen molar-refractivity contribution in [1.82, 2.24) is 0 Å². The summed E-state index contributed by atoms with van der Waals surface area (Å²) in [5.41, 5.74) is 4.63. The van der Waals surface area contributed by atoms with Gasteiger partial charge in [-0.1, -0.05) is 17.7 Å². The van der Waals surface area contributed by atoms with E-state index in [1.165, 1.54) is 4.31 Å². The Morgan fingerprint density at radius 2 is 1.55 bits per heavy atom. The van der Waals surface area contributed by atoms with E-state index in [0.717, 1.165) is 25.9 Å². The summed E-state index contributed by atoms with van der Waals surface area (Å²) in [6.07, 6.45) is 0. The molecule has 0 radical (unpaired) electrons. The van der Waals surface area contributed by atoms with Crippen LogP contribution >= 0.6 is 22.6 Å². The Morgan fingerprint density at radius 3 is 2.00 bits per heavy atom. The maximum atomic E-state index is 11.8. The highest BCUT2D eigenvalue weighted by molar-refractivity contribution is 14.1. The van der Waals surface area contributed by atoms with Crippen LogP contribution in [0.3, 0.4) is 0 Å². The lowest BCUT2D eigenvalue weighted by molar-refractivity contribution is 0.564. The first-order chi connectivity index (χ1) is 9.40. The van der Waals surface area contributed by atoms with Gasteiger partial charge in [0.15, 0.2) is 0 Å². The first kappa shape index (κ1) is 15.5. The Bertz CT molecular complexity index is 632. The van der Waals surface area contributed by atoms with Crippen LogP contribution in [0.15, 0.2) is 36.4 Å². The zero-order valence-corrected chi connectivity index (χ0v) is 14.5. The van der Waals surface area contributed by atoms with Gasteiger partial charge < -0.3 is 0 Å². The van der Waals surface area contributed by atoms with Crippen LogP contribution in [0.5, 0.6) is 0 Å². The van der Waals surface area contributed by atoms with Gasteiger partial charge in [0.1, 0.15) is 0 Å². The van der Waals surface area contributed by atoms with Gasteiger partial charge in [0.05, 0.1) is 11.4 Å². The van der Waals surface area contributed by atoms with Crippen molar-refractivity contribution in [1.29, 1.82) is 0 Å². The van der Waals surface area contributed by atoms with Gasteiger partial charge in [0, 0.05) is 3.57 Å². The van der Waals surface area contributed by atoms with Crippen molar-refractivity contribution in [2.24, 2.45) is 0 Å². The molecule has 3 nitrogen and oxygen atoms in total. The number of halogens is 1. The van der Waals surface area contributed by atoms with Gasteiger partial charge in [-0.25, -0.2) is 8.51 Å². The Kier molecular flexibility index (Phi) is 4.82. The van der Waals surface area contributed by atoms with E-state index in [1.54, 1.807) is 0 Å². The molecule has 0 bridgehead atoms. The molecule has 0 aliphatic heterocycles. The third-order valence-corrected chi connectivity index (χ3v) is 4.48. The lowest BCUT2D eigenvalue weighted by Gasteiger charge is -2.24. The Labute approximate surface area is 135 Å². The second-order valence-corrected chi connectivity index (χ2v) is 6.82. The van der Waals surface area contributed by atoms with Gasteiger partial charge >= 0.3 is 0 Å². The summed E-state index contributed by atoms with van der Waals surface area (Å²) in [7, 11) is 0. The molecule has 0 aromatic heterocycles. The SMILES string of the molecule is Cc1cc(C)c(N(c2ccc(I)cc2)S(=O)O)c(C)c1. The van der Waals surface area contributed by atoms with Gasteiger partial charge in [-0.3, -0.25) is 4.55 Å². The fourth-order valence-electron chi connectivity index (χ4n) is 2.37. The van der Waals surface area contributed by atoms with Gasteiger partial charge in [0.2, 0.25) is 0 Å². The zero-order valence-electron chi connectivity index (χ0n) is 11.6. The molecule has 5 heteroatoms. The minimum atomic E-state index is -2.11.